The largest absolute Gasteiger partial charge is 0.301 e. The standard InChI is InChI=1S/C14H28N2.3C13H26N2.C13H24.C12H24N2.12CH4/c1-12(2)15-8-5-14(6-9-15)7-10-16(11-14)13(3)4;1-11(2)14-7-5-13(9-14)6-8-15(10-13)12(3)4;2*1-11(2)14-7-5-13(6-8-14)9-15(10-13)12(3)4;1-9(2)11-5-13(6-11)7-12(8-13)10(3)4;1-10(2)13-6-5-12(7-13)8-14(9-12)11(3)4;;;;;;;;;;;;/h12-13H,5-11H2,1-4H3;3*11-12H,5-10H2,1-4H3;9-12H,5-8H2,1-4H3;10-11H,5-9H2,1-4H3;12*1H4. The molecule has 0 amide bonds. The first-order valence-electron chi connectivity index (χ1n) is 38.5. The van der Waals surface area contributed by atoms with Gasteiger partial charge in [0.2, 0.25) is 0 Å². The van der Waals surface area contributed by atoms with Crippen LogP contribution in [0, 0.1) is 56.2 Å². The molecule has 0 aromatic rings. The highest BCUT2D eigenvalue weighted by Gasteiger charge is 2.54. The molecule has 0 bridgehead atoms. The third-order valence-electron chi connectivity index (χ3n) is 26.6. The zero-order chi connectivity index (χ0) is 64.9. The molecular formula is C90H202N10. The Morgan fingerprint density at radius 3 is 0.490 bits per heavy atom. The molecular weight excluding hydrogens is 1220 g/mol. The van der Waals surface area contributed by atoms with E-state index >= 15 is 0 Å². The van der Waals surface area contributed by atoms with Crippen LogP contribution < -0.4 is 0 Å². The van der Waals surface area contributed by atoms with Crippen molar-refractivity contribution in [3.05, 3.63) is 0 Å². The second-order valence-corrected chi connectivity index (χ2v) is 37.0. The van der Waals surface area contributed by atoms with Crippen LogP contribution in [0.4, 0.5) is 0 Å². The van der Waals surface area contributed by atoms with Gasteiger partial charge >= 0.3 is 0 Å². The lowest BCUT2D eigenvalue weighted by molar-refractivity contribution is -0.0955. The SMILES string of the molecule is C.C.C.C.C.C.C.C.C.C.C.C.CC(C)C1CC2(C1)CC(C(C)C)C2.CC(C)N1CCC2(C1)CN(C(C)C)C2.CC(C)N1CCC2(CC1)CCN(C(C)C)C2.CC(C)N1CCC2(CC1)CN(C(C)C)C2.CC(C)N1CCC2(CC1)CN(C(C)C)C2.CC(C)N1CCC2(CCN(C(C)C)C2)C1. The minimum atomic E-state index is 0. The average Bonchev–Trinajstić information content (AvgIpc) is 1.19. The summed E-state index contributed by atoms with van der Waals surface area (Å²) in [5, 5.41) is 0. The summed E-state index contributed by atoms with van der Waals surface area (Å²) in [7, 11) is 0. The fourth-order valence-corrected chi connectivity index (χ4v) is 18.7. The maximum absolute atomic E-state index is 2.67. The van der Waals surface area contributed by atoms with Gasteiger partial charge in [-0.3, -0.25) is 14.7 Å². The van der Waals surface area contributed by atoms with Gasteiger partial charge in [-0.05, 0) is 345 Å². The highest BCUT2D eigenvalue weighted by Crippen LogP contribution is 2.64. The molecule has 12 aliphatic rings. The average molecular weight is 1420 g/mol. The maximum atomic E-state index is 2.67. The van der Waals surface area contributed by atoms with Gasteiger partial charge in [-0.25, -0.2) is 0 Å². The van der Waals surface area contributed by atoms with Crippen molar-refractivity contribution in [2.45, 2.75) is 406 Å². The minimum Gasteiger partial charge on any atom is -0.301 e. The van der Waals surface area contributed by atoms with Gasteiger partial charge in [-0.2, -0.15) is 0 Å². The molecule has 6 spiro atoms. The van der Waals surface area contributed by atoms with Crippen LogP contribution in [0.5, 0.6) is 0 Å². The molecule has 10 nitrogen and oxygen atoms in total. The Bertz CT molecular complexity index is 1890. The van der Waals surface area contributed by atoms with Crippen molar-refractivity contribution < 1.29 is 0 Å². The van der Waals surface area contributed by atoms with E-state index in [1.165, 1.54) is 195 Å². The lowest BCUT2D eigenvalue weighted by Crippen LogP contribution is -2.62. The summed E-state index contributed by atoms with van der Waals surface area (Å²) in [6.45, 7) is 82.7. The van der Waals surface area contributed by atoms with E-state index in [4.69, 9.17) is 0 Å². The van der Waals surface area contributed by atoms with Gasteiger partial charge in [0.1, 0.15) is 0 Å². The van der Waals surface area contributed by atoms with E-state index in [1.54, 1.807) is 25.7 Å². The van der Waals surface area contributed by atoms with Gasteiger partial charge in [0.25, 0.3) is 0 Å². The summed E-state index contributed by atoms with van der Waals surface area (Å²) >= 11 is 0. The summed E-state index contributed by atoms with van der Waals surface area (Å²) in [5.41, 5.74) is 4.26. The van der Waals surface area contributed by atoms with E-state index in [0.717, 1.165) is 89.5 Å². The normalized spacial score (nSPS) is 26.4. The zero-order valence-electron chi connectivity index (χ0n) is 63.6. The van der Waals surface area contributed by atoms with E-state index in [0.29, 0.717) is 27.1 Å². The van der Waals surface area contributed by atoms with Gasteiger partial charge in [-0.1, -0.05) is 117 Å². The molecule has 100 heavy (non-hydrogen) atoms. The third kappa shape index (κ3) is 28.9. The van der Waals surface area contributed by atoms with E-state index in [9.17, 15) is 0 Å². The van der Waals surface area contributed by atoms with Crippen molar-refractivity contribution in [1.82, 2.24) is 49.0 Å². The summed E-state index contributed by atoms with van der Waals surface area (Å²) in [6, 6.07) is 7.40. The smallest absolute Gasteiger partial charge is 0.00972 e. The Morgan fingerprint density at radius 2 is 0.310 bits per heavy atom. The van der Waals surface area contributed by atoms with Gasteiger partial charge in [0.05, 0.1) is 0 Å². The predicted octanol–water partition coefficient (Wildman–Crippen LogP) is 22.7. The molecule has 612 valence electrons. The second kappa shape index (κ2) is 46.8. The van der Waals surface area contributed by atoms with Crippen LogP contribution in [0.1, 0.15) is 345 Å². The van der Waals surface area contributed by atoms with E-state index in [1.807, 2.05) is 0 Å². The first-order chi connectivity index (χ1) is 41.1. The molecule has 12 rings (SSSR count). The van der Waals surface area contributed by atoms with Gasteiger partial charge in [0, 0.05) is 131 Å². The van der Waals surface area contributed by atoms with Crippen molar-refractivity contribution in [2.24, 2.45) is 56.2 Å². The van der Waals surface area contributed by atoms with Crippen LogP contribution in [0.15, 0.2) is 0 Å². The maximum Gasteiger partial charge on any atom is 0.00972 e. The number of nitrogens with zero attached hydrogens (tertiary/aromatic N) is 10. The van der Waals surface area contributed by atoms with Gasteiger partial charge < -0.3 is 34.3 Å². The Hall–Kier alpha value is -0.400. The van der Waals surface area contributed by atoms with E-state index in [-0.39, 0.29) is 89.1 Å². The highest BCUT2D eigenvalue weighted by molar-refractivity contribution is 5.06. The molecule has 10 aliphatic heterocycles. The molecule has 2 aliphatic carbocycles. The molecule has 0 unspecified atom stereocenters. The number of piperidine rings is 3. The fourth-order valence-electron chi connectivity index (χ4n) is 18.7. The van der Waals surface area contributed by atoms with Gasteiger partial charge in [0.15, 0.2) is 0 Å². The molecule has 10 heteroatoms. The topological polar surface area (TPSA) is 32.4 Å². The van der Waals surface area contributed by atoms with Crippen LogP contribution in [-0.2, 0) is 0 Å². The number of hydrogen-bond donors (Lipinski definition) is 0. The molecule has 0 atom stereocenters. The molecule has 0 aromatic heterocycles. The summed E-state index contributed by atoms with van der Waals surface area (Å²) in [4.78, 5) is 26.4. The third-order valence-corrected chi connectivity index (χ3v) is 26.6. The molecule has 2 saturated carbocycles. The Kier molecular flexibility index (Phi) is 51.8. The molecule has 10 saturated heterocycles. The lowest BCUT2D eigenvalue weighted by atomic mass is 9.45. The molecule has 0 N–H and O–H groups in total. The highest BCUT2D eigenvalue weighted by atomic mass is 15.3. The van der Waals surface area contributed by atoms with Crippen LogP contribution in [0.3, 0.4) is 0 Å². The first kappa shape index (κ1) is 111. The Morgan fingerprint density at radius 1 is 0.170 bits per heavy atom. The molecule has 10 heterocycles. The Balaban J connectivity index is -0.000000259. The van der Waals surface area contributed by atoms with Crippen molar-refractivity contribution >= 4 is 0 Å². The first-order valence-corrected chi connectivity index (χ1v) is 38.5. The second-order valence-electron chi connectivity index (χ2n) is 37.0. The van der Waals surface area contributed by atoms with E-state index < -0.39 is 0 Å². The molecule has 0 aromatic carbocycles. The van der Waals surface area contributed by atoms with Crippen molar-refractivity contribution in [3.8, 4) is 0 Å². The number of rotatable bonds is 12. The van der Waals surface area contributed by atoms with E-state index in [2.05, 4.69) is 215 Å². The van der Waals surface area contributed by atoms with Crippen LogP contribution in [0.2, 0.25) is 0 Å². The molecule has 12 fully saturated rings. The van der Waals surface area contributed by atoms with Crippen molar-refractivity contribution in [3.63, 3.8) is 0 Å². The number of hydrogen-bond acceptors (Lipinski definition) is 10. The van der Waals surface area contributed by atoms with Crippen molar-refractivity contribution in [1.29, 1.82) is 0 Å². The number of likely N-dealkylation sites (tertiary alicyclic amines) is 10. The summed E-state index contributed by atoms with van der Waals surface area (Å²) in [5.74, 6) is 3.99. The lowest BCUT2D eigenvalue weighted by Gasteiger charge is -2.60. The van der Waals surface area contributed by atoms with Crippen molar-refractivity contribution in [2.75, 3.05) is 131 Å². The zero-order valence-corrected chi connectivity index (χ0v) is 63.6. The Labute approximate surface area is 638 Å². The van der Waals surface area contributed by atoms with Crippen LogP contribution in [-0.4, -0.2) is 240 Å². The van der Waals surface area contributed by atoms with Crippen LogP contribution >= 0.6 is 0 Å². The summed E-state index contributed by atoms with van der Waals surface area (Å²) in [6.07, 6.45) is 20.5. The van der Waals surface area contributed by atoms with Gasteiger partial charge in [-0.15, -0.1) is 0 Å². The van der Waals surface area contributed by atoms with Crippen LogP contribution in [0.25, 0.3) is 0 Å². The monoisotopic (exact) mass is 1420 g/mol. The predicted molar refractivity (Wildman–Crippen MR) is 464 cm³/mol. The minimum absolute atomic E-state index is 0. The fraction of sp³-hybridized carbons (Fsp3) is 1.00. The summed E-state index contributed by atoms with van der Waals surface area (Å²) < 4.78 is 0. The molecule has 0 radical (unpaired) electrons. The quantitative estimate of drug-likeness (QED) is 0.188.